The summed E-state index contributed by atoms with van der Waals surface area (Å²) in [6.45, 7) is 4.48. The molecule has 0 fully saturated rings. The van der Waals surface area contributed by atoms with Gasteiger partial charge in [-0.05, 0) is 167 Å². The molecule has 0 aliphatic rings. The average molecular weight is 1580 g/mol. The second-order valence-electron chi connectivity index (χ2n) is 28.0. The lowest BCUT2D eigenvalue weighted by Gasteiger charge is -2.21. The molecule has 0 aromatic carbocycles. The molecule has 5 atom stereocenters. The molecule has 0 aliphatic heterocycles. The summed E-state index contributed by atoms with van der Waals surface area (Å²) in [5, 5.41) is 10.7. The van der Waals surface area contributed by atoms with Gasteiger partial charge in [-0.15, -0.1) is 0 Å². The van der Waals surface area contributed by atoms with E-state index in [-0.39, 0.29) is 25.7 Å². The van der Waals surface area contributed by atoms with E-state index in [1.807, 2.05) is 0 Å². The highest BCUT2D eigenvalue weighted by Crippen LogP contribution is 2.45. The van der Waals surface area contributed by atoms with Crippen molar-refractivity contribution in [1.29, 1.82) is 0 Å². The fourth-order valence-corrected chi connectivity index (χ4v) is 12.7. The predicted octanol–water partition coefficient (Wildman–Crippen LogP) is 25.6. The number of carbonyl (C=O) groups is 4. The van der Waals surface area contributed by atoms with E-state index in [9.17, 15) is 43.2 Å². The molecular weight excluding hydrogens is 1430 g/mol. The Morgan fingerprint density at radius 1 is 0.264 bits per heavy atom. The summed E-state index contributed by atoms with van der Waals surface area (Å²) in [6, 6.07) is 0. The fourth-order valence-electron chi connectivity index (χ4n) is 11.1. The van der Waals surface area contributed by atoms with Crippen LogP contribution in [0.5, 0.6) is 0 Å². The van der Waals surface area contributed by atoms with Crippen molar-refractivity contribution >= 4 is 39.5 Å². The van der Waals surface area contributed by atoms with Crippen LogP contribution in [0.4, 0.5) is 0 Å². The van der Waals surface area contributed by atoms with Crippen LogP contribution >= 0.6 is 15.6 Å². The third-order valence-corrected chi connectivity index (χ3v) is 19.4. The van der Waals surface area contributed by atoms with E-state index < -0.39 is 97.5 Å². The van der Waals surface area contributed by atoms with Crippen LogP contribution in [0.15, 0.2) is 158 Å². The van der Waals surface area contributed by atoms with E-state index in [1.165, 1.54) is 19.3 Å². The van der Waals surface area contributed by atoms with E-state index in [2.05, 4.69) is 186 Å². The highest BCUT2D eigenvalue weighted by Gasteiger charge is 2.30. The Balaban J connectivity index is 5.42. The maximum absolute atomic E-state index is 13.1. The van der Waals surface area contributed by atoms with Gasteiger partial charge in [-0.3, -0.25) is 37.3 Å². The second-order valence-corrected chi connectivity index (χ2v) is 30.9. The van der Waals surface area contributed by atoms with Crippen LogP contribution in [0.3, 0.4) is 0 Å². The lowest BCUT2D eigenvalue weighted by molar-refractivity contribution is -0.161. The minimum absolute atomic E-state index is 0.0681. The van der Waals surface area contributed by atoms with Crippen molar-refractivity contribution < 1.29 is 80.2 Å². The van der Waals surface area contributed by atoms with Crippen LogP contribution < -0.4 is 0 Å². The Morgan fingerprint density at radius 3 is 0.727 bits per heavy atom. The minimum atomic E-state index is -5.00. The topological polar surface area (TPSA) is 237 Å². The highest BCUT2D eigenvalue weighted by atomic mass is 31.2. The fraction of sp³-hybridized carbons (Fsp3) is 0.670. The van der Waals surface area contributed by atoms with Crippen LogP contribution in [0.1, 0.15) is 336 Å². The Hall–Kier alpha value is -5.32. The SMILES string of the molecule is CC/C=C\C/C=C\C/C=C\C/C=C\CCCCCCCCC(=O)OCC(COP(=O)(O)OCC(O)COP(=O)(O)OCC(COC(=O)CCCCCCCC/C=C\C/C=C\C/C=C\CCCCC)OC(=O)CCCCCCC/C=C\C/C=C\C/C=C\CC)OC(=O)CCCCCCCCC/C=C\C/C=C\C/C=C\CC. The molecule has 0 aliphatic carbocycles. The lowest BCUT2D eigenvalue weighted by Crippen LogP contribution is -2.30. The highest BCUT2D eigenvalue weighted by molar-refractivity contribution is 7.47. The molecule has 0 saturated heterocycles. The van der Waals surface area contributed by atoms with Crippen LogP contribution in [0.25, 0.3) is 0 Å². The first-order chi connectivity index (χ1) is 53.7. The number of phosphoric acid groups is 2. The molecule has 0 radical (unpaired) electrons. The largest absolute Gasteiger partial charge is 0.472 e. The van der Waals surface area contributed by atoms with E-state index >= 15 is 0 Å². The van der Waals surface area contributed by atoms with Crippen molar-refractivity contribution in [2.75, 3.05) is 39.6 Å². The minimum Gasteiger partial charge on any atom is -0.462 e. The summed E-state index contributed by atoms with van der Waals surface area (Å²) >= 11 is 0. The van der Waals surface area contributed by atoms with Gasteiger partial charge in [-0.2, -0.15) is 0 Å². The zero-order valence-corrected chi connectivity index (χ0v) is 70.7. The summed E-state index contributed by atoms with van der Waals surface area (Å²) < 4.78 is 68.8. The Bertz CT molecular complexity index is 2700. The Labute approximate surface area is 668 Å². The number of unbranched alkanes of at least 4 members (excludes halogenated alkanes) is 27. The molecule has 5 unspecified atom stereocenters. The first kappa shape index (κ1) is 105. The van der Waals surface area contributed by atoms with Gasteiger partial charge in [0.15, 0.2) is 12.2 Å². The molecule has 0 spiro atoms. The van der Waals surface area contributed by atoms with Gasteiger partial charge in [0.1, 0.15) is 19.3 Å². The summed E-state index contributed by atoms with van der Waals surface area (Å²) in [4.78, 5) is 73.3. The molecule has 0 aromatic heterocycles. The van der Waals surface area contributed by atoms with Gasteiger partial charge in [-0.25, -0.2) is 9.13 Å². The number of phosphoric ester groups is 2. The number of ether oxygens (including phenoxy) is 4. The van der Waals surface area contributed by atoms with Gasteiger partial charge in [0, 0.05) is 25.7 Å². The van der Waals surface area contributed by atoms with Crippen LogP contribution in [0, 0.1) is 0 Å². The first-order valence-electron chi connectivity index (χ1n) is 42.7. The van der Waals surface area contributed by atoms with E-state index in [4.69, 9.17) is 37.0 Å². The molecule has 110 heavy (non-hydrogen) atoms. The first-order valence-corrected chi connectivity index (χ1v) is 45.7. The van der Waals surface area contributed by atoms with Crippen molar-refractivity contribution in [1.82, 2.24) is 0 Å². The number of aliphatic hydroxyl groups excluding tert-OH is 1. The number of hydrogen-bond donors (Lipinski definition) is 3. The molecule has 0 rings (SSSR count). The predicted molar refractivity (Wildman–Crippen MR) is 454 cm³/mol. The van der Waals surface area contributed by atoms with Crippen LogP contribution in [-0.2, 0) is 65.4 Å². The van der Waals surface area contributed by atoms with Gasteiger partial charge in [0.2, 0.25) is 0 Å². The van der Waals surface area contributed by atoms with E-state index in [1.54, 1.807) is 0 Å². The van der Waals surface area contributed by atoms with Gasteiger partial charge in [-0.1, -0.05) is 301 Å². The zero-order chi connectivity index (χ0) is 80.3. The van der Waals surface area contributed by atoms with Crippen molar-refractivity contribution in [3.8, 4) is 0 Å². The van der Waals surface area contributed by atoms with Gasteiger partial charge in [0.25, 0.3) is 0 Å². The molecule has 17 nitrogen and oxygen atoms in total. The normalized spacial score (nSPS) is 14.6. The quantitative estimate of drug-likeness (QED) is 0.0169. The summed E-state index contributed by atoms with van der Waals surface area (Å²) in [5.74, 6) is -2.23. The van der Waals surface area contributed by atoms with Gasteiger partial charge < -0.3 is 33.8 Å². The summed E-state index contributed by atoms with van der Waals surface area (Å²) in [7, 11) is -9.99. The standard InChI is InChI=1S/C91H152O17P2/c1-5-9-13-17-21-25-29-33-37-40-42-45-48-51-55-59-63-67-71-75-88(93)101-81-86(107-90(95)77-73-69-65-61-57-53-47-36-32-28-24-20-16-12-8-4)83-105-109(97,98)103-79-85(92)80-104-110(99,100)106-84-87(108-91(96)78-74-70-66-62-58-54-50-44-39-35-31-27-23-19-15-11-7-3)82-102-89(94)76-72-68-64-60-56-52-49-46-43-41-38-34-30-26-22-18-14-10-6-2/h10-12,14-16,21-28,33-39,42-43,45-47,85-87,92H,5-9,13,17-20,29-32,40-41,44,48-84H2,1-4H3,(H,97,98)(H,99,100)/b14-10-,15-11-,16-12-,25-21-,26-22-,27-23-,28-24-,37-33-,38-34-,39-35-,45-42-,46-43-,47-36-. The molecule has 628 valence electrons. The number of carbonyl (C=O) groups excluding carboxylic acids is 4. The lowest BCUT2D eigenvalue weighted by atomic mass is 10.1. The van der Waals surface area contributed by atoms with E-state index in [0.29, 0.717) is 25.7 Å². The molecule has 19 heteroatoms. The maximum atomic E-state index is 13.1. The molecule has 0 bridgehead atoms. The van der Waals surface area contributed by atoms with Crippen LogP contribution in [0.2, 0.25) is 0 Å². The zero-order valence-electron chi connectivity index (χ0n) is 68.9. The number of allylic oxidation sites excluding steroid dienone is 26. The number of hydrogen-bond acceptors (Lipinski definition) is 15. The monoisotopic (exact) mass is 1580 g/mol. The Morgan fingerprint density at radius 2 is 0.473 bits per heavy atom. The van der Waals surface area contributed by atoms with Gasteiger partial charge in [0.05, 0.1) is 26.4 Å². The number of esters is 4. The maximum Gasteiger partial charge on any atom is 0.472 e. The number of rotatable bonds is 79. The smallest absolute Gasteiger partial charge is 0.462 e. The third kappa shape index (κ3) is 80.7. The molecule has 0 heterocycles. The van der Waals surface area contributed by atoms with Gasteiger partial charge >= 0.3 is 39.5 Å². The molecule has 0 aromatic rings. The molecular formula is C91H152O17P2. The van der Waals surface area contributed by atoms with E-state index in [0.717, 1.165) is 238 Å². The van der Waals surface area contributed by atoms with Crippen molar-refractivity contribution in [2.45, 2.75) is 354 Å². The Kier molecular flexibility index (Phi) is 77.7. The number of aliphatic hydroxyl groups is 1. The average Bonchev–Trinajstić information content (AvgIpc) is 0.906. The molecule has 3 N–H and O–H groups in total. The molecule has 0 saturated carbocycles. The van der Waals surface area contributed by atoms with Crippen molar-refractivity contribution in [3.05, 3.63) is 158 Å². The van der Waals surface area contributed by atoms with Crippen LogP contribution in [-0.4, -0.2) is 96.7 Å². The third-order valence-electron chi connectivity index (χ3n) is 17.5. The van der Waals surface area contributed by atoms with Crippen molar-refractivity contribution in [2.24, 2.45) is 0 Å². The molecule has 0 amide bonds. The summed E-state index contributed by atoms with van der Waals surface area (Å²) in [5.41, 5.74) is 0. The van der Waals surface area contributed by atoms with Crippen molar-refractivity contribution in [3.63, 3.8) is 0 Å². The summed E-state index contributed by atoms with van der Waals surface area (Å²) in [6.07, 6.45) is 96.2. The second kappa shape index (κ2) is 81.7.